The van der Waals surface area contributed by atoms with Crippen LogP contribution in [0.1, 0.15) is 38.4 Å². The quantitative estimate of drug-likeness (QED) is 0.511. The van der Waals surface area contributed by atoms with Gasteiger partial charge in [0.2, 0.25) is 5.82 Å². The summed E-state index contributed by atoms with van der Waals surface area (Å²) in [4.78, 5) is 0. The standard InChI is InChI=1S/C13H15F5O2/c1-13(2,20-3)5-4-6(19)7-8(14)10(16)12(18)11(17)9(7)15/h6,19H,4-5H2,1-3H3. The van der Waals surface area contributed by atoms with E-state index >= 15 is 0 Å². The molecule has 0 aliphatic rings. The van der Waals surface area contributed by atoms with Gasteiger partial charge in [-0.05, 0) is 26.7 Å². The minimum absolute atomic E-state index is 0.171. The Morgan fingerprint density at radius 1 is 0.950 bits per heavy atom. The van der Waals surface area contributed by atoms with Crippen LogP contribution in [0.25, 0.3) is 0 Å². The Bertz CT molecular complexity index is 473. The van der Waals surface area contributed by atoms with Gasteiger partial charge in [0, 0.05) is 7.11 Å². The molecule has 0 saturated carbocycles. The van der Waals surface area contributed by atoms with Crippen molar-refractivity contribution in [3.05, 3.63) is 34.6 Å². The van der Waals surface area contributed by atoms with E-state index in [1.165, 1.54) is 7.11 Å². The normalized spacial score (nSPS) is 13.7. The number of benzene rings is 1. The second-order valence-electron chi connectivity index (χ2n) is 5.00. The highest BCUT2D eigenvalue weighted by Gasteiger charge is 2.30. The van der Waals surface area contributed by atoms with Gasteiger partial charge in [0.15, 0.2) is 23.3 Å². The highest BCUT2D eigenvalue weighted by Crippen LogP contribution is 2.31. The van der Waals surface area contributed by atoms with Crippen molar-refractivity contribution in [1.82, 2.24) is 0 Å². The summed E-state index contributed by atoms with van der Waals surface area (Å²) >= 11 is 0. The number of ether oxygens (including phenoxy) is 1. The van der Waals surface area contributed by atoms with Crippen LogP contribution in [-0.4, -0.2) is 17.8 Å². The predicted octanol–water partition coefficient (Wildman–Crippen LogP) is 3.62. The second kappa shape index (κ2) is 6.05. The molecule has 114 valence electrons. The van der Waals surface area contributed by atoms with Crippen LogP contribution in [0.3, 0.4) is 0 Å². The Hall–Kier alpha value is -1.21. The molecule has 0 bridgehead atoms. The Morgan fingerprint density at radius 2 is 1.35 bits per heavy atom. The fraction of sp³-hybridized carbons (Fsp3) is 0.538. The minimum Gasteiger partial charge on any atom is -0.388 e. The molecular formula is C13H15F5O2. The molecule has 1 unspecified atom stereocenters. The number of hydrogen-bond donors (Lipinski definition) is 1. The van der Waals surface area contributed by atoms with E-state index in [2.05, 4.69) is 0 Å². The molecule has 0 heterocycles. The first-order valence-corrected chi connectivity index (χ1v) is 5.87. The van der Waals surface area contributed by atoms with E-state index in [0.29, 0.717) is 0 Å². The Morgan fingerprint density at radius 3 is 1.75 bits per heavy atom. The lowest BCUT2D eigenvalue weighted by molar-refractivity contribution is 0.00197. The van der Waals surface area contributed by atoms with E-state index in [0.717, 1.165) is 0 Å². The first-order chi connectivity index (χ1) is 9.12. The molecule has 1 atom stereocenters. The summed E-state index contributed by atoms with van der Waals surface area (Å²) in [5, 5.41) is 9.69. The number of aliphatic hydroxyl groups is 1. The molecule has 1 N–H and O–H groups in total. The van der Waals surface area contributed by atoms with Crippen LogP contribution < -0.4 is 0 Å². The molecule has 1 aromatic rings. The number of hydrogen-bond acceptors (Lipinski definition) is 2. The highest BCUT2D eigenvalue weighted by molar-refractivity contribution is 5.26. The van der Waals surface area contributed by atoms with Gasteiger partial charge in [-0.1, -0.05) is 0 Å². The van der Waals surface area contributed by atoms with Crippen molar-refractivity contribution in [2.75, 3.05) is 7.11 Å². The zero-order valence-corrected chi connectivity index (χ0v) is 11.2. The zero-order chi connectivity index (χ0) is 15.7. The summed E-state index contributed by atoms with van der Waals surface area (Å²) in [7, 11) is 1.41. The molecule has 0 saturated heterocycles. The largest absolute Gasteiger partial charge is 0.388 e. The minimum atomic E-state index is -2.24. The van der Waals surface area contributed by atoms with Crippen molar-refractivity contribution in [2.24, 2.45) is 0 Å². The van der Waals surface area contributed by atoms with Gasteiger partial charge in [-0.3, -0.25) is 0 Å². The first-order valence-electron chi connectivity index (χ1n) is 5.87. The summed E-state index contributed by atoms with van der Waals surface area (Å²) in [6.07, 6.45) is -1.85. The van der Waals surface area contributed by atoms with E-state index in [1.807, 2.05) is 0 Å². The van der Waals surface area contributed by atoms with Crippen LogP contribution in [-0.2, 0) is 4.74 Å². The van der Waals surface area contributed by atoms with Gasteiger partial charge in [-0.15, -0.1) is 0 Å². The summed E-state index contributed by atoms with van der Waals surface area (Å²) in [5.41, 5.74) is -1.90. The lowest BCUT2D eigenvalue weighted by Crippen LogP contribution is -2.23. The monoisotopic (exact) mass is 298 g/mol. The molecule has 7 heteroatoms. The fourth-order valence-corrected chi connectivity index (χ4v) is 1.65. The lowest BCUT2D eigenvalue weighted by atomic mass is 9.96. The predicted molar refractivity (Wildman–Crippen MR) is 61.5 cm³/mol. The van der Waals surface area contributed by atoms with Crippen LogP contribution in [0.2, 0.25) is 0 Å². The first kappa shape index (κ1) is 16.8. The molecule has 20 heavy (non-hydrogen) atoms. The van der Waals surface area contributed by atoms with Crippen molar-refractivity contribution in [3.63, 3.8) is 0 Å². The van der Waals surface area contributed by atoms with Crippen molar-refractivity contribution in [2.45, 2.75) is 38.4 Å². The molecule has 2 nitrogen and oxygen atoms in total. The molecular weight excluding hydrogens is 283 g/mol. The Kier molecular flexibility index (Phi) is 5.10. The molecule has 0 aromatic heterocycles. The van der Waals surface area contributed by atoms with Gasteiger partial charge in [0.25, 0.3) is 0 Å². The SMILES string of the molecule is COC(C)(C)CCC(O)c1c(F)c(F)c(F)c(F)c1F. The Labute approximate surface area is 113 Å². The summed E-state index contributed by atoms with van der Waals surface area (Å²) in [6, 6.07) is 0. The molecule has 0 aliphatic heterocycles. The van der Waals surface area contributed by atoms with Crippen molar-refractivity contribution >= 4 is 0 Å². The average molecular weight is 298 g/mol. The molecule has 0 amide bonds. The van der Waals surface area contributed by atoms with Crippen LogP contribution >= 0.6 is 0 Å². The van der Waals surface area contributed by atoms with Crippen LogP contribution in [0.15, 0.2) is 0 Å². The topological polar surface area (TPSA) is 29.5 Å². The molecule has 0 radical (unpaired) electrons. The number of halogens is 5. The smallest absolute Gasteiger partial charge is 0.200 e. The number of aliphatic hydroxyl groups excluding tert-OH is 1. The Balaban J connectivity index is 3.08. The van der Waals surface area contributed by atoms with Crippen LogP contribution in [0.5, 0.6) is 0 Å². The van der Waals surface area contributed by atoms with Gasteiger partial charge >= 0.3 is 0 Å². The van der Waals surface area contributed by atoms with E-state index in [1.54, 1.807) is 13.8 Å². The number of rotatable bonds is 5. The van der Waals surface area contributed by atoms with Crippen molar-refractivity contribution in [3.8, 4) is 0 Å². The zero-order valence-electron chi connectivity index (χ0n) is 11.2. The van der Waals surface area contributed by atoms with Gasteiger partial charge in [0.05, 0.1) is 17.3 Å². The third-order valence-corrected chi connectivity index (χ3v) is 3.15. The van der Waals surface area contributed by atoms with E-state index < -0.39 is 46.4 Å². The maximum absolute atomic E-state index is 13.4. The molecule has 0 fully saturated rings. The van der Waals surface area contributed by atoms with Crippen LogP contribution in [0.4, 0.5) is 22.0 Å². The summed E-state index contributed by atoms with van der Waals surface area (Å²) in [5.74, 6) is -10.4. The molecule has 1 aromatic carbocycles. The summed E-state index contributed by atoms with van der Waals surface area (Å²) < 4.78 is 70.8. The van der Waals surface area contributed by atoms with E-state index in [-0.39, 0.29) is 12.8 Å². The van der Waals surface area contributed by atoms with Crippen LogP contribution in [0, 0.1) is 29.1 Å². The molecule has 1 rings (SSSR count). The summed E-state index contributed by atoms with van der Waals surface area (Å²) in [6.45, 7) is 3.33. The molecule has 0 spiro atoms. The third-order valence-electron chi connectivity index (χ3n) is 3.15. The van der Waals surface area contributed by atoms with Gasteiger partial charge in [-0.25, -0.2) is 22.0 Å². The highest BCUT2D eigenvalue weighted by atomic mass is 19.2. The van der Waals surface area contributed by atoms with Gasteiger partial charge < -0.3 is 9.84 Å². The van der Waals surface area contributed by atoms with Gasteiger partial charge in [0.1, 0.15) is 0 Å². The van der Waals surface area contributed by atoms with E-state index in [4.69, 9.17) is 4.74 Å². The maximum atomic E-state index is 13.4. The lowest BCUT2D eigenvalue weighted by Gasteiger charge is -2.24. The second-order valence-corrected chi connectivity index (χ2v) is 5.00. The average Bonchev–Trinajstić information content (AvgIpc) is 2.41. The number of methoxy groups -OCH3 is 1. The van der Waals surface area contributed by atoms with Gasteiger partial charge in [-0.2, -0.15) is 0 Å². The van der Waals surface area contributed by atoms with E-state index in [9.17, 15) is 27.1 Å². The van der Waals surface area contributed by atoms with Crippen molar-refractivity contribution < 1.29 is 31.8 Å². The third kappa shape index (κ3) is 3.27. The molecule has 0 aliphatic carbocycles. The maximum Gasteiger partial charge on any atom is 0.200 e. The fourth-order valence-electron chi connectivity index (χ4n) is 1.65. The van der Waals surface area contributed by atoms with Crippen molar-refractivity contribution in [1.29, 1.82) is 0 Å².